The summed E-state index contributed by atoms with van der Waals surface area (Å²) in [6.07, 6.45) is 1.28. The summed E-state index contributed by atoms with van der Waals surface area (Å²) in [5.41, 5.74) is 1.20. The van der Waals surface area contributed by atoms with Crippen LogP contribution in [-0.2, 0) is 11.2 Å². The van der Waals surface area contributed by atoms with Crippen LogP contribution < -0.4 is 19.5 Å². The van der Waals surface area contributed by atoms with E-state index in [9.17, 15) is 4.79 Å². The van der Waals surface area contributed by atoms with Gasteiger partial charge in [-0.1, -0.05) is 24.3 Å². The molecule has 0 saturated heterocycles. The molecule has 1 heterocycles. The summed E-state index contributed by atoms with van der Waals surface area (Å²) in [5.74, 6) is 2.03. The van der Waals surface area contributed by atoms with E-state index in [2.05, 4.69) is 17.4 Å². The highest BCUT2D eigenvalue weighted by atomic mass is 16.6. The van der Waals surface area contributed by atoms with E-state index in [1.54, 1.807) is 6.07 Å². The topological polar surface area (TPSA) is 56.8 Å². The van der Waals surface area contributed by atoms with Gasteiger partial charge in [-0.2, -0.15) is 0 Å². The van der Waals surface area contributed by atoms with Gasteiger partial charge in [0.1, 0.15) is 12.4 Å². The Balaban J connectivity index is 1.42. The first-order chi connectivity index (χ1) is 12.6. The quantitative estimate of drug-likeness (QED) is 0.774. The van der Waals surface area contributed by atoms with Crippen LogP contribution in [-0.4, -0.2) is 31.3 Å². The Bertz CT molecular complexity index is 744. The Morgan fingerprint density at radius 1 is 1.19 bits per heavy atom. The van der Waals surface area contributed by atoms with Gasteiger partial charge in [0.15, 0.2) is 11.5 Å². The SMILES string of the molecule is CC(C)Oc1cccc(CCCNC(=O)C2COc3ccccc3O2)c1. The fourth-order valence-electron chi connectivity index (χ4n) is 2.81. The van der Waals surface area contributed by atoms with Crippen molar-refractivity contribution < 1.29 is 19.0 Å². The first-order valence-electron chi connectivity index (χ1n) is 9.03. The summed E-state index contributed by atoms with van der Waals surface area (Å²) in [4.78, 5) is 12.3. The minimum atomic E-state index is -0.604. The molecular formula is C21H25NO4. The van der Waals surface area contributed by atoms with Crippen LogP contribution in [0.5, 0.6) is 17.2 Å². The van der Waals surface area contributed by atoms with Crippen LogP contribution in [0.25, 0.3) is 0 Å². The van der Waals surface area contributed by atoms with E-state index in [1.165, 1.54) is 5.56 Å². The van der Waals surface area contributed by atoms with Gasteiger partial charge < -0.3 is 19.5 Å². The Labute approximate surface area is 154 Å². The Morgan fingerprint density at radius 3 is 2.81 bits per heavy atom. The number of amides is 1. The van der Waals surface area contributed by atoms with Crippen LogP contribution in [0.1, 0.15) is 25.8 Å². The zero-order valence-electron chi connectivity index (χ0n) is 15.2. The maximum Gasteiger partial charge on any atom is 0.264 e. The molecule has 0 bridgehead atoms. The van der Waals surface area contributed by atoms with E-state index in [0.717, 1.165) is 18.6 Å². The van der Waals surface area contributed by atoms with Crippen molar-refractivity contribution in [1.82, 2.24) is 5.32 Å². The molecule has 1 N–H and O–H groups in total. The van der Waals surface area contributed by atoms with Gasteiger partial charge in [0, 0.05) is 6.54 Å². The van der Waals surface area contributed by atoms with Gasteiger partial charge in [0.2, 0.25) is 6.10 Å². The zero-order valence-corrected chi connectivity index (χ0v) is 15.2. The number of nitrogens with one attached hydrogen (secondary N) is 1. The van der Waals surface area contributed by atoms with Crippen LogP contribution in [0.3, 0.4) is 0 Å². The molecule has 3 rings (SSSR count). The average Bonchev–Trinajstić information content (AvgIpc) is 2.64. The predicted octanol–water partition coefficient (Wildman–Crippen LogP) is 3.36. The Morgan fingerprint density at radius 2 is 2.00 bits per heavy atom. The molecule has 0 aliphatic carbocycles. The van der Waals surface area contributed by atoms with Crippen LogP contribution in [0.4, 0.5) is 0 Å². The lowest BCUT2D eigenvalue weighted by Crippen LogP contribution is -2.44. The molecule has 1 atom stereocenters. The summed E-state index contributed by atoms with van der Waals surface area (Å²) in [6, 6.07) is 15.5. The second kappa shape index (κ2) is 8.61. The highest BCUT2D eigenvalue weighted by molar-refractivity contribution is 5.81. The number of benzene rings is 2. The first kappa shape index (κ1) is 18.1. The van der Waals surface area contributed by atoms with Crippen LogP contribution in [0, 0.1) is 0 Å². The van der Waals surface area contributed by atoms with E-state index in [0.29, 0.717) is 18.0 Å². The minimum Gasteiger partial charge on any atom is -0.491 e. The summed E-state index contributed by atoms with van der Waals surface area (Å²) in [7, 11) is 0. The predicted molar refractivity (Wildman–Crippen MR) is 99.9 cm³/mol. The zero-order chi connectivity index (χ0) is 18.4. The molecule has 0 saturated carbocycles. The van der Waals surface area contributed by atoms with Gasteiger partial charge >= 0.3 is 0 Å². The molecule has 0 spiro atoms. The third kappa shape index (κ3) is 4.91. The third-order valence-corrected chi connectivity index (χ3v) is 4.01. The van der Waals surface area contributed by atoms with E-state index >= 15 is 0 Å². The van der Waals surface area contributed by atoms with Crippen molar-refractivity contribution in [2.75, 3.05) is 13.2 Å². The molecule has 2 aromatic carbocycles. The van der Waals surface area contributed by atoms with Gasteiger partial charge in [0.25, 0.3) is 5.91 Å². The molecular weight excluding hydrogens is 330 g/mol. The molecule has 5 nitrogen and oxygen atoms in total. The Hall–Kier alpha value is -2.69. The molecule has 1 aliphatic heterocycles. The second-order valence-corrected chi connectivity index (χ2v) is 6.57. The summed E-state index contributed by atoms with van der Waals surface area (Å²) in [5, 5.41) is 2.93. The minimum absolute atomic E-state index is 0.142. The number of carbonyl (C=O) groups is 1. The number of hydrogen-bond acceptors (Lipinski definition) is 4. The van der Waals surface area contributed by atoms with E-state index in [1.807, 2.05) is 44.2 Å². The standard InChI is InChI=1S/C21H25NO4/c1-15(2)25-17-9-5-7-16(13-17)8-6-12-22-21(23)20-14-24-18-10-3-4-11-19(18)26-20/h3-5,7,9-11,13,15,20H,6,8,12,14H2,1-2H3,(H,22,23). The van der Waals surface area contributed by atoms with Crippen molar-refractivity contribution in [1.29, 1.82) is 0 Å². The third-order valence-electron chi connectivity index (χ3n) is 4.01. The first-order valence-corrected chi connectivity index (χ1v) is 9.03. The van der Waals surface area contributed by atoms with Crippen molar-refractivity contribution >= 4 is 5.91 Å². The lowest BCUT2D eigenvalue weighted by atomic mass is 10.1. The number of ether oxygens (including phenoxy) is 3. The monoisotopic (exact) mass is 355 g/mol. The molecule has 1 unspecified atom stereocenters. The van der Waals surface area contributed by atoms with Crippen molar-refractivity contribution in [3.63, 3.8) is 0 Å². The number of carbonyl (C=O) groups excluding carboxylic acids is 1. The molecule has 26 heavy (non-hydrogen) atoms. The van der Waals surface area contributed by atoms with Crippen LogP contribution in [0.2, 0.25) is 0 Å². The number of rotatable bonds is 7. The van der Waals surface area contributed by atoms with E-state index < -0.39 is 6.10 Å². The summed E-state index contributed by atoms with van der Waals surface area (Å²) < 4.78 is 17.0. The number of hydrogen-bond donors (Lipinski definition) is 1. The maximum atomic E-state index is 12.3. The molecule has 1 aliphatic rings. The van der Waals surface area contributed by atoms with Crippen LogP contribution >= 0.6 is 0 Å². The van der Waals surface area contributed by atoms with E-state index in [4.69, 9.17) is 14.2 Å². The van der Waals surface area contributed by atoms with Gasteiger partial charge in [-0.25, -0.2) is 0 Å². The summed E-state index contributed by atoms with van der Waals surface area (Å²) in [6.45, 7) is 4.85. The molecule has 0 aromatic heterocycles. The normalized spacial score (nSPS) is 15.6. The van der Waals surface area contributed by atoms with Gasteiger partial charge in [0.05, 0.1) is 6.10 Å². The van der Waals surface area contributed by atoms with Crippen LogP contribution in [0.15, 0.2) is 48.5 Å². The molecule has 5 heteroatoms. The lowest BCUT2D eigenvalue weighted by molar-refractivity contribution is -0.130. The second-order valence-electron chi connectivity index (χ2n) is 6.57. The lowest BCUT2D eigenvalue weighted by Gasteiger charge is -2.25. The molecule has 1 amide bonds. The van der Waals surface area contributed by atoms with Gasteiger partial charge in [-0.15, -0.1) is 0 Å². The fraction of sp³-hybridized carbons (Fsp3) is 0.381. The number of para-hydroxylation sites is 2. The smallest absolute Gasteiger partial charge is 0.264 e. The number of fused-ring (bicyclic) bond motifs is 1. The highest BCUT2D eigenvalue weighted by Gasteiger charge is 2.26. The Kier molecular flexibility index (Phi) is 6.00. The molecule has 138 valence electrons. The van der Waals surface area contributed by atoms with Gasteiger partial charge in [-0.3, -0.25) is 4.79 Å². The average molecular weight is 355 g/mol. The fourth-order valence-corrected chi connectivity index (χ4v) is 2.81. The highest BCUT2D eigenvalue weighted by Crippen LogP contribution is 2.30. The number of aryl methyl sites for hydroxylation is 1. The van der Waals surface area contributed by atoms with Crippen molar-refractivity contribution in [3.8, 4) is 17.2 Å². The van der Waals surface area contributed by atoms with Crippen molar-refractivity contribution in [3.05, 3.63) is 54.1 Å². The molecule has 0 radical (unpaired) electrons. The molecule has 0 fully saturated rings. The largest absolute Gasteiger partial charge is 0.491 e. The van der Waals surface area contributed by atoms with Gasteiger partial charge in [-0.05, 0) is 56.5 Å². The van der Waals surface area contributed by atoms with Crippen molar-refractivity contribution in [2.24, 2.45) is 0 Å². The molecule has 2 aromatic rings. The van der Waals surface area contributed by atoms with Crippen molar-refractivity contribution in [2.45, 2.75) is 38.9 Å². The maximum absolute atomic E-state index is 12.3. The van der Waals surface area contributed by atoms with E-state index in [-0.39, 0.29) is 18.6 Å². The summed E-state index contributed by atoms with van der Waals surface area (Å²) >= 11 is 0.